The maximum absolute atomic E-state index is 12.0. The number of rotatable bonds is 3. The first-order chi connectivity index (χ1) is 9.13. The lowest BCUT2D eigenvalue weighted by atomic mass is 9.94. The van der Waals surface area contributed by atoms with E-state index in [2.05, 4.69) is 5.32 Å². The lowest BCUT2D eigenvalue weighted by Gasteiger charge is -2.26. The van der Waals surface area contributed by atoms with Crippen molar-refractivity contribution in [3.8, 4) is 0 Å². The van der Waals surface area contributed by atoms with Crippen LogP contribution in [0.15, 0.2) is 0 Å². The summed E-state index contributed by atoms with van der Waals surface area (Å²) in [5, 5.41) is 3.41. The van der Waals surface area contributed by atoms with Crippen LogP contribution in [0.3, 0.4) is 0 Å². The van der Waals surface area contributed by atoms with E-state index in [1.807, 2.05) is 7.05 Å². The van der Waals surface area contributed by atoms with Gasteiger partial charge in [0.2, 0.25) is 5.91 Å². The van der Waals surface area contributed by atoms with Crippen LogP contribution in [0.1, 0.15) is 38.5 Å². The zero-order valence-corrected chi connectivity index (χ0v) is 11.9. The second-order valence-corrected chi connectivity index (χ2v) is 5.64. The Kier molecular flexibility index (Phi) is 4.80. The first-order valence-electron chi connectivity index (χ1n) is 7.22. The van der Waals surface area contributed by atoms with Crippen LogP contribution in [0, 0.1) is 5.92 Å². The Balaban J connectivity index is 2.02. The highest BCUT2D eigenvalue weighted by Crippen LogP contribution is 2.26. The van der Waals surface area contributed by atoms with Gasteiger partial charge in [-0.2, -0.15) is 0 Å². The molecule has 1 saturated heterocycles. The molecule has 19 heavy (non-hydrogen) atoms. The molecule has 3 atom stereocenters. The topological polar surface area (TPSA) is 58.6 Å². The molecule has 0 radical (unpaired) electrons. The van der Waals surface area contributed by atoms with Crippen molar-refractivity contribution in [2.75, 3.05) is 20.7 Å². The van der Waals surface area contributed by atoms with Crippen molar-refractivity contribution in [3.05, 3.63) is 0 Å². The van der Waals surface area contributed by atoms with E-state index in [4.69, 9.17) is 4.74 Å². The number of methoxy groups -OCH3 is 1. The SMILES string of the molecule is COC(=O)[C@@H]1CCCCC[C@@H]1N[C@@H]1CCN(C)C1=O. The molecule has 5 nitrogen and oxygen atoms in total. The van der Waals surface area contributed by atoms with Crippen molar-refractivity contribution in [1.29, 1.82) is 0 Å². The first-order valence-corrected chi connectivity index (χ1v) is 7.22. The molecule has 1 saturated carbocycles. The molecular formula is C14H24N2O3. The number of hydrogen-bond acceptors (Lipinski definition) is 4. The fraction of sp³-hybridized carbons (Fsp3) is 0.857. The van der Waals surface area contributed by atoms with Gasteiger partial charge in [-0.1, -0.05) is 19.3 Å². The molecule has 1 aliphatic carbocycles. The summed E-state index contributed by atoms with van der Waals surface area (Å²) >= 11 is 0. The van der Waals surface area contributed by atoms with Crippen LogP contribution in [-0.4, -0.2) is 49.6 Å². The third kappa shape index (κ3) is 3.26. The number of esters is 1. The fourth-order valence-corrected chi connectivity index (χ4v) is 3.18. The van der Waals surface area contributed by atoms with Gasteiger partial charge in [-0.3, -0.25) is 9.59 Å². The summed E-state index contributed by atoms with van der Waals surface area (Å²) in [5.74, 6) is -0.0998. The maximum Gasteiger partial charge on any atom is 0.310 e. The van der Waals surface area contributed by atoms with Crippen LogP contribution >= 0.6 is 0 Å². The van der Waals surface area contributed by atoms with Crippen LogP contribution in [0.2, 0.25) is 0 Å². The van der Waals surface area contributed by atoms with E-state index in [0.717, 1.165) is 45.1 Å². The lowest BCUT2D eigenvalue weighted by Crippen LogP contribution is -2.48. The fourth-order valence-electron chi connectivity index (χ4n) is 3.18. The molecule has 0 aromatic rings. The van der Waals surface area contributed by atoms with Gasteiger partial charge in [0.25, 0.3) is 0 Å². The molecule has 5 heteroatoms. The number of likely N-dealkylation sites (tertiary alicyclic amines) is 1. The number of carbonyl (C=O) groups excluding carboxylic acids is 2. The van der Waals surface area contributed by atoms with Gasteiger partial charge in [0.15, 0.2) is 0 Å². The van der Waals surface area contributed by atoms with E-state index >= 15 is 0 Å². The quantitative estimate of drug-likeness (QED) is 0.611. The van der Waals surface area contributed by atoms with Gasteiger partial charge in [0.05, 0.1) is 19.1 Å². The zero-order valence-electron chi connectivity index (χ0n) is 11.9. The van der Waals surface area contributed by atoms with Crippen molar-refractivity contribution < 1.29 is 14.3 Å². The number of likely N-dealkylation sites (N-methyl/N-ethyl adjacent to an activating group) is 1. The molecule has 2 fully saturated rings. The largest absolute Gasteiger partial charge is 0.469 e. The summed E-state index contributed by atoms with van der Waals surface area (Å²) < 4.78 is 4.91. The summed E-state index contributed by atoms with van der Waals surface area (Å²) in [4.78, 5) is 25.6. The van der Waals surface area contributed by atoms with Crippen molar-refractivity contribution >= 4 is 11.9 Å². The molecular weight excluding hydrogens is 244 g/mol. The summed E-state index contributed by atoms with van der Waals surface area (Å²) in [6.45, 7) is 0.798. The van der Waals surface area contributed by atoms with Gasteiger partial charge < -0.3 is 15.0 Å². The minimum atomic E-state index is -0.141. The van der Waals surface area contributed by atoms with E-state index in [1.165, 1.54) is 7.11 Å². The van der Waals surface area contributed by atoms with E-state index in [1.54, 1.807) is 4.90 Å². The third-order valence-corrected chi connectivity index (χ3v) is 4.36. The highest BCUT2D eigenvalue weighted by atomic mass is 16.5. The number of amides is 1. The smallest absolute Gasteiger partial charge is 0.310 e. The lowest BCUT2D eigenvalue weighted by molar-refractivity contribution is -0.147. The second-order valence-electron chi connectivity index (χ2n) is 5.64. The number of ether oxygens (including phenoxy) is 1. The van der Waals surface area contributed by atoms with Crippen molar-refractivity contribution in [2.45, 2.75) is 50.6 Å². The van der Waals surface area contributed by atoms with Gasteiger partial charge in [0.1, 0.15) is 0 Å². The van der Waals surface area contributed by atoms with Crippen molar-refractivity contribution in [3.63, 3.8) is 0 Å². The van der Waals surface area contributed by atoms with Crippen LogP contribution in [-0.2, 0) is 14.3 Å². The molecule has 0 spiro atoms. The van der Waals surface area contributed by atoms with Gasteiger partial charge in [-0.25, -0.2) is 0 Å². The molecule has 0 aromatic carbocycles. The summed E-state index contributed by atoms with van der Waals surface area (Å²) in [6, 6.07) is -0.0457. The van der Waals surface area contributed by atoms with E-state index in [9.17, 15) is 9.59 Å². The molecule has 1 heterocycles. The van der Waals surface area contributed by atoms with Gasteiger partial charge in [-0.05, 0) is 19.3 Å². The average molecular weight is 268 g/mol. The normalized spacial score (nSPS) is 32.2. The molecule has 0 bridgehead atoms. The van der Waals surface area contributed by atoms with Crippen LogP contribution in [0.4, 0.5) is 0 Å². The Morgan fingerprint density at radius 2 is 2.00 bits per heavy atom. The molecule has 0 unspecified atom stereocenters. The number of nitrogens with one attached hydrogen (secondary N) is 1. The Morgan fingerprint density at radius 3 is 2.63 bits per heavy atom. The number of nitrogens with zero attached hydrogens (tertiary/aromatic N) is 1. The second kappa shape index (κ2) is 6.37. The van der Waals surface area contributed by atoms with E-state index in [0.29, 0.717) is 0 Å². The monoisotopic (exact) mass is 268 g/mol. The Hall–Kier alpha value is -1.10. The molecule has 108 valence electrons. The maximum atomic E-state index is 12.0. The predicted octanol–water partition coefficient (Wildman–Crippen LogP) is 0.929. The Morgan fingerprint density at radius 1 is 1.26 bits per heavy atom. The van der Waals surface area contributed by atoms with Crippen LogP contribution in [0.25, 0.3) is 0 Å². The predicted molar refractivity (Wildman–Crippen MR) is 71.6 cm³/mol. The van der Waals surface area contributed by atoms with Crippen molar-refractivity contribution in [1.82, 2.24) is 10.2 Å². The minimum Gasteiger partial charge on any atom is -0.469 e. The zero-order chi connectivity index (χ0) is 13.8. The minimum absolute atomic E-state index is 0.0791. The standard InChI is InChI=1S/C14H24N2O3/c1-16-9-8-12(13(16)17)15-11-7-5-3-4-6-10(11)14(18)19-2/h10-12,15H,3-9H2,1-2H3/t10-,11+,12-/m1/s1. The molecule has 2 rings (SSSR count). The van der Waals surface area contributed by atoms with Crippen LogP contribution < -0.4 is 5.32 Å². The first kappa shape index (κ1) is 14.3. The van der Waals surface area contributed by atoms with Crippen molar-refractivity contribution in [2.24, 2.45) is 5.92 Å². The average Bonchev–Trinajstić information content (AvgIpc) is 2.63. The van der Waals surface area contributed by atoms with E-state index in [-0.39, 0.29) is 29.9 Å². The highest BCUT2D eigenvalue weighted by Gasteiger charge is 2.36. The number of hydrogen-bond donors (Lipinski definition) is 1. The van der Waals surface area contributed by atoms with Gasteiger partial charge in [0, 0.05) is 19.6 Å². The van der Waals surface area contributed by atoms with Crippen LogP contribution in [0.5, 0.6) is 0 Å². The summed E-state index contributed by atoms with van der Waals surface area (Å²) in [7, 11) is 3.27. The number of carbonyl (C=O) groups is 2. The molecule has 0 aromatic heterocycles. The third-order valence-electron chi connectivity index (χ3n) is 4.36. The molecule has 1 aliphatic heterocycles. The molecule has 1 N–H and O–H groups in total. The molecule has 2 aliphatic rings. The highest BCUT2D eigenvalue weighted by molar-refractivity contribution is 5.83. The van der Waals surface area contributed by atoms with Gasteiger partial charge >= 0.3 is 5.97 Å². The summed E-state index contributed by atoms with van der Waals surface area (Å²) in [5.41, 5.74) is 0. The van der Waals surface area contributed by atoms with Gasteiger partial charge in [-0.15, -0.1) is 0 Å². The summed E-state index contributed by atoms with van der Waals surface area (Å²) in [6.07, 6.45) is 5.98. The Labute approximate surface area is 114 Å². The van der Waals surface area contributed by atoms with E-state index < -0.39 is 0 Å². The molecule has 1 amide bonds. The Bertz CT molecular complexity index is 346.